The summed E-state index contributed by atoms with van der Waals surface area (Å²) < 4.78 is 8.44. The molecule has 2 atom stereocenters. The highest BCUT2D eigenvalue weighted by Crippen LogP contribution is 2.42. The van der Waals surface area contributed by atoms with Crippen molar-refractivity contribution in [2.75, 3.05) is 4.90 Å². The maximum atomic E-state index is 6.21. The molecule has 2 fully saturated rings. The van der Waals surface area contributed by atoms with Crippen LogP contribution in [0.3, 0.4) is 0 Å². The molecular weight excluding hydrogens is 452 g/mol. The highest BCUT2D eigenvalue weighted by molar-refractivity contribution is 7.80. The van der Waals surface area contributed by atoms with Gasteiger partial charge >= 0.3 is 0 Å². The first-order valence-electron chi connectivity index (χ1n) is 12.3. The zero-order valence-corrected chi connectivity index (χ0v) is 20.3. The third-order valence-electron chi connectivity index (χ3n) is 6.94. The Morgan fingerprint density at radius 3 is 2.34 bits per heavy atom. The van der Waals surface area contributed by atoms with E-state index in [4.69, 9.17) is 17.0 Å². The molecule has 0 radical (unpaired) electrons. The fraction of sp³-hybridized carbons (Fsp3) is 0.241. The second kappa shape index (κ2) is 9.55. The van der Waals surface area contributed by atoms with Gasteiger partial charge in [0, 0.05) is 29.5 Å². The number of para-hydroxylation sites is 1. The Hall–Kier alpha value is -3.64. The molecule has 2 aliphatic rings. The molecule has 35 heavy (non-hydrogen) atoms. The minimum atomic E-state index is -0.0875. The summed E-state index contributed by atoms with van der Waals surface area (Å²) in [6.07, 6.45) is 9.09. The molecule has 2 aromatic carbocycles. The number of hydrogen-bond donors (Lipinski definition) is 1. The fourth-order valence-electron chi connectivity index (χ4n) is 5.28. The molecule has 1 N–H and O–H groups in total. The lowest BCUT2D eigenvalue weighted by molar-refractivity contribution is 0.210. The third-order valence-corrected chi connectivity index (χ3v) is 7.25. The zero-order chi connectivity index (χ0) is 23.6. The van der Waals surface area contributed by atoms with Gasteiger partial charge in [0.25, 0.3) is 0 Å². The van der Waals surface area contributed by atoms with Crippen molar-refractivity contribution in [3.63, 3.8) is 0 Å². The standard InChI is InChI=1S/C29H28N4OS/c35-29-31-27(25-13-6-7-19-30-25)28(26-14-8-20-32(26)21-9-2-1-3-10-21)33(29)22-15-17-24(18-16-22)34-23-11-4-5-12-23/h1-3,6-10,13-20,23,27-28H,4-5,11-12H2,(H,31,35)/t27-,28+/m1/s1. The monoisotopic (exact) mass is 480 g/mol. The molecule has 0 unspecified atom stereocenters. The molecule has 0 spiro atoms. The summed E-state index contributed by atoms with van der Waals surface area (Å²) in [6.45, 7) is 0. The third kappa shape index (κ3) is 4.30. The van der Waals surface area contributed by atoms with Crippen LogP contribution in [0.2, 0.25) is 0 Å². The number of nitrogens with one attached hydrogen (secondary N) is 1. The Kier molecular flexibility index (Phi) is 5.96. The van der Waals surface area contributed by atoms with Crippen LogP contribution in [0.15, 0.2) is 97.3 Å². The van der Waals surface area contributed by atoms with E-state index in [0.29, 0.717) is 11.2 Å². The molecule has 2 aromatic heterocycles. The van der Waals surface area contributed by atoms with Crippen LogP contribution in [-0.4, -0.2) is 20.8 Å². The maximum absolute atomic E-state index is 6.21. The van der Waals surface area contributed by atoms with E-state index in [1.807, 2.05) is 24.4 Å². The maximum Gasteiger partial charge on any atom is 0.174 e. The normalized spacial score (nSPS) is 20.2. The zero-order valence-electron chi connectivity index (χ0n) is 19.5. The molecular formula is C29H28N4OS. The first kappa shape index (κ1) is 21.9. The van der Waals surface area contributed by atoms with E-state index in [1.165, 1.54) is 12.8 Å². The van der Waals surface area contributed by atoms with Gasteiger partial charge in [-0.2, -0.15) is 0 Å². The predicted molar refractivity (Wildman–Crippen MR) is 143 cm³/mol. The average Bonchev–Trinajstić information content (AvgIpc) is 3.66. The van der Waals surface area contributed by atoms with Crippen molar-refractivity contribution in [3.8, 4) is 11.4 Å². The summed E-state index contributed by atoms with van der Waals surface area (Å²) in [4.78, 5) is 6.89. The van der Waals surface area contributed by atoms with E-state index in [1.54, 1.807) is 0 Å². The molecule has 176 valence electrons. The van der Waals surface area contributed by atoms with E-state index in [-0.39, 0.29) is 12.1 Å². The summed E-state index contributed by atoms with van der Waals surface area (Å²) in [5.74, 6) is 0.921. The van der Waals surface area contributed by atoms with Crippen LogP contribution >= 0.6 is 12.2 Å². The van der Waals surface area contributed by atoms with Crippen molar-refractivity contribution in [2.45, 2.75) is 43.9 Å². The van der Waals surface area contributed by atoms with Crippen molar-refractivity contribution >= 4 is 23.0 Å². The van der Waals surface area contributed by atoms with Crippen molar-refractivity contribution in [3.05, 3.63) is 109 Å². The van der Waals surface area contributed by atoms with Crippen molar-refractivity contribution in [1.82, 2.24) is 14.9 Å². The van der Waals surface area contributed by atoms with Gasteiger partial charge in [0.1, 0.15) is 11.8 Å². The molecule has 4 aromatic rings. The van der Waals surface area contributed by atoms with Gasteiger partial charge in [-0.05, 0) is 98.6 Å². The minimum absolute atomic E-state index is 0.0748. The second-order valence-corrected chi connectivity index (χ2v) is 9.54. The molecule has 3 heterocycles. The van der Waals surface area contributed by atoms with Crippen molar-refractivity contribution < 1.29 is 4.74 Å². The van der Waals surface area contributed by atoms with Gasteiger partial charge < -0.3 is 19.5 Å². The lowest BCUT2D eigenvalue weighted by Gasteiger charge is -2.29. The van der Waals surface area contributed by atoms with Gasteiger partial charge in [0.15, 0.2) is 5.11 Å². The summed E-state index contributed by atoms with van der Waals surface area (Å²) in [5, 5.41) is 4.25. The number of hydrogen-bond acceptors (Lipinski definition) is 3. The Morgan fingerprint density at radius 1 is 0.829 bits per heavy atom. The highest BCUT2D eigenvalue weighted by atomic mass is 32.1. The predicted octanol–water partition coefficient (Wildman–Crippen LogP) is 6.37. The molecule has 6 heteroatoms. The van der Waals surface area contributed by atoms with Crippen LogP contribution in [-0.2, 0) is 0 Å². The molecule has 0 bridgehead atoms. The quantitative estimate of drug-likeness (QED) is 0.325. The largest absolute Gasteiger partial charge is 0.490 e. The molecule has 5 nitrogen and oxygen atoms in total. The summed E-state index contributed by atoms with van der Waals surface area (Å²) in [6, 6.07) is 28.9. The van der Waals surface area contributed by atoms with Gasteiger partial charge in [-0.25, -0.2) is 0 Å². The summed E-state index contributed by atoms with van der Waals surface area (Å²) in [7, 11) is 0. The summed E-state index contributed by atoms with van der Waals surface area (Å²) in [5.41, 5.74) is 4.26. The molecule has 1 saturated heterocycles. The van der Waals surface area contributed by atoms with Gasteiger partial charge in [-0.3, -0.25) is 4.98 Å². The first-order chi connectivity index (χ1) is 17.3. The number of rotatable bonds is 6. The smallest absolute Gasteiger partial charge is 0.174 e. The van der Waals surface area contributed by atoms with Gasteiger partial charge in [-0.15, -0.1) is 0 Å². The lowest BCUT2D eigenvalue weighted by Crippen LogP contribution is -2.30. The highest BCUT2D eigenvalue weighted by Gasteiger charge is 2.42. The SMILES string of the molecule is S=C1N[C@H](c2ccccn2)[C@H](c2cccn2-c2ccccc2)N1c1ccc(OC2CCCC2)cc1. The summed E-state index contributed by atoms with van der Waals surface area (Å²) >= 11 is 5.91. The number of ether oxygens (including phenoxy) is 1. The number of anilines is 1. The first-order valence-corrected chi connectivity index (χ1v) is 12.7. The van der Waals surface area contributed by atoms with Crippen LogP contribution in [0.4, 0.5) is 5.69 Å². The van der Waals surface area contributed by atoms with E-state index < -0.39 is 0 Å². The number of nitrogens with zero attached hydrogens (tertiary/aromatic N) is 3. The van der Waals surface area contributed by atoms with Crippen LogP contribution in [0.25, 0.3) is 5.69 Å². The number of aromatic nitrogens is 2. The van der Waals surface area contributed by atoms with Gasteiger partial charge in [0.05, 0.1) is 17.8 Å². The topological polar surface area (TPSA) is 42.3 Å². The minimum Gasteiger partial charge on any atom is -0.490 e. The van der Waals surface area contributed by atoms with Gasteiger partial charge in [0.2, 0.25) is 0 Å². The number of benzene rings is 2. The Balaban J connectivity index is 1.39. The molecule has 1 aliphatic heterocycles. The molecule has 6 rings (SSSR count). The van der Waals surface area contributed by atoms with Crippen LogP contribution in [0.5, 0.6) is 5.75 Å². The molecule has 1 aliphatic carbocycles. The number of thiocarbonyl (C=S) groups is 1. The van der Waals surface area contributed by atoms with Crippen molar-refractivity contribution in [2.24, 2.45) is 0 Å². The Morgan fingerprint density at radius 2 is 1.60 bits per heavy atom. The molecule has 0 amide bonds. The Bertz CT molecular complexity index is 1280. The van der Waals surface area contributed by atoms with E-state index in [9.17, 15) is 0 Å². The van der Waals surface area contributed by atoms with E-state index in [0.717, 1.165) is 41.4 Å². The fourth-order valence-corrected chi connectivity index (χ4v) is 5.62. The second-order valence-electron chi connectivity index (χ2n) is 9.15. The average molecular weight is 481 g/mol. The van der Waals surface area contributed by atoms with E-state index >= 15 is 0 Å². The number of pyridine rings is 1. The van der Waals surface area contributed by atoms with Crippen molar-refractivity contribution in [1.29, 1.82) is 0 Å². The van der Waals surface area contributed by atoms with Gasteiger partial charge in [-0.1, -0.05) is 24.3 Å². The van der Waals surface area contributed by atoms with E-state index in [2.05, 4.69) is 92.7 Å². The van der Waals surface area contributed by atoms with Crippen LogP contribution < -0.4 is 15.0 Å². The Labute approximate surface area is 211 Å². The lowest BCUT2D eigenvalue weighted by atomic mass is 10.0. The van der Waals surface area contributed by atoms with Crippen LogP contribution in [0, 0.1) is 0 Å². The van der Waals surface area contributed by atoms with Crippen LogP contribution in [0.1, 0.15) is 49.2 Å². The molecule has 1 saturated carbocycles.